The molecule has 256 valence electrons. The van der Waals surface area contributed by atoms with Crippen molar-refractivity contribution in [2.75, 3.05) is 39.6 Å². The average molecular weight is 900 g/mol. The number of carbonyl (C=O) groups is 4. The first-order valence-electron chi connectivity index (χ1n) is 13.0. The molecule has 0 saturated carbocycles. The summed E-state index contributed by atoms with van der Waals surface area (Å²) < 4.78 is 81.0. The van der Waals surface area contributed by atoms with Gasteiger partial charge in [0.05, 0.1) is 39.0 Å². The van der Waals surface area contributed by atoms with Crippen LogP contribution < -0.4 is 18.9 Å². The summed E-state index contributed by atoms with van der Waals surface area (Å²) in [5.74, 6) is -1.35. The second kappa shape index (κ2) is 19.9. The van der Waals surface area contributed by atoms with Gasteiger partial charge >= 0.3 is 57.6 Å². The Balaban J connectivity index is 0.000000394. The first-order chi connectivity index (χ1) is 21.4. The molecule has 12 nitrogen and oxygen atoms in total. The molecule has 0 aliphatic carbocycles. The van der Waals surface area contributed by atoms with Gasteiger partial charge in [-0.2, -0.15) is 0 Å². The Morgan fingerprint density at radius 2 is 0.870 bits per heavy atom. The predicted molar refractivity (Wildman–Crippen MR) is 156 cm³/mol. The maximum absolute atomic E-state index is 11.9. The third-order valence-corrected chi connectivity index (χ3v) is 6.93. The first-order valence-corrected chi connectivity index (χ1v) is 20.5. The zero-order valence-electron chi connectivity index (χ0n) is 24.7. The summed E-state index contributed by atoms with van der Waals surface area (Å²) in [4.78, 5) is 48.4. The summed E-state index contributed by atoms with van der Waals surface area (Å²) >= 11 is -5.38. The molecule has 0 atom stereocenters. The van der Waals surface area contributed by atoms with Crippen LogP contribution in [0.4, 0.5) is 14.7 Å². The number of thiophene rings is 2. The summed E-state index contributed by atoms with van der Waals surface area (Å²) in [6.45, 7) is 8.25. The molecule has 0 N–H and O–H groups in total. The monoisotopic (exact) mass is 900 g/mol. The van der Waals surface area contributed by atoms with Crippen LogP contribution in [0.25, 0.3) is 0 Å². The van der Waals surface area contributed by atoms with Gasteiger partial charge in [0.1, 0.15) is 13.2 Å². The molecule has 2 aromatic rings. The van der Waals surface area contributed by atoms with E-state index in [1.54, 1.807) is 39.8 Å². The Bertz CT molecular complexity index is 1300. The Kier molecular flexibility index (Phi) is 17.6. The van der Waals surface area contributed by atoms with E-state index in [-0.39, 0.29) is 86.9 Å². The number of carbonyl (C=O) groups excluding carboxylic acids is 4. The van der Waals surface area contributed by atoms with Crippen LogP contribution in [0.3, 0.4) is 0 Å². The van der Waals surface area contributed by atoms with E-state index in [0.29, 0.717) is 0 Å². The van der Waals surface area contributed by atoms with E-state index in [9.17, 15) is 29.2 Å². The quantitative estimate of drug-likeness (QED) is 0.129. The van der Waals surface area contributed by atoms with Crippen LogP contribution in [-0.2, 0) is 18.9 Å². The zero-order chi connectivity index (χ0) is 33.6. The fourth-order valence-electron chi connectivity index (χ4n) is 3.18. The Hall–Kier alpha value is -3.47. The van der Waals surface area contributed by atoms with Gasteiger partial charge in [-0.3, -0.25) is 4.70 Å². The second-order valence-electron chi connectivity index (χ2n) is 7.75. The molecule has 0 radical (unpaired) electrons. The van der Waals surface area contributed by atoms with Gasteiger partial charge in [-0.15, -0.1) is 22.7 Å². The van der Waals surface area contributed by atoms with Crippen molar-refractivity contribution in [2.45, 2.75) is 27.7 Å². The SMILES string of the molecule is CCOC(=O)c1sc(C(=O)OCC)c2c1OC=CCO2.CCOC(=O)c1sc(C(=O)OCC)c2c1OC=CCO2.F.[F][Pb]([F])([F])[F]. The van der Waals surface area contributed by atoms with E-state index >= 15 is 0 Å². The minimum absolute atomic E-state index is 0. The molecule has 2 aliphatic rings. The molecule has 0 bridgehead atoms. The van der Waals surface area contributed by atoms with Gasteiger partial charge in [-0.1, -0.05) is 0 Å². The minimum atomic E-state index is -7.28. The maximum atomic E-state index is 11.9. The van der Waals surface area contributed by atoms with Crippen molar-refractivity contribution < 1.29 is 71.8 Å². The van der Waals surface area contributed by atoms with Gasteiger partial charge in [0.25, 0.3) is 0 Å². The van der Waals surface area contributed by atoms with Gasteiger partial charge in [0, 0.05) is 0 Å². The summed E-state index contributed by atoms with van der Waals surface area (Å²) in [7, 11) is 0. The molecular formula is C26H29F5O12PbS2. The standard InChI is InChI=1S/2C13H14O6S.5FH.Pb/c2*1-3-16-12(14)10-8-9(19-7-5-6-18-8)11(20-10)13(15)17-4-2;;;;;;/h2*5-6H,3-4,7H2,1-2H3;5*1H;/q;;;;;;;+4/p-4. The van der Waals surface area contributed by atoms with E-state index in [2.05, 4.69) is 0 Å². The fourth-order valence-corrected chi connectivity index (χ4v) is 5.11. The number of fused-ring (bicyclic) bond motifs is 2. The van der Waals surface area contributed by atoms with Crippen molar-refractivity contribution in [3.05, 3.63) is 44.2 Å². The molecule has 0 unspecified atom stereocenters. The van der Waals surface area contributed by atoms with Gasteiger partial charge < -0.3 is 37.9 Å². The molecule has 0 spiro atoms. The van der Waals surface area contributed by atoms with Crippen LogP contribution in [0, 0.1) is 0 Å². The molecule has 0 fully saturated rings. The summed E-state index contributed by atoms with van der Waals surface area (Å²) in [6, 6.07) is 0. The summed E-state index contributed by atoms with van der Waals surface area (Å²) in [6.07, 6.45) is 6.09. The topological polar surface area (TPSA) is 142 Å². The van der Waals surface area contributed by atoms with Gasteiger partial charge in [0.2, 0.25) is 0 Å². The van der Waals surface area contributed by atoms with Crippen molar-refractivity contribution in [3.63, 3.8) is 0 Å². The summed E-state index contributed by atoms with van der Waals surface area (Å²) in [5.41, 5.74) is 0. The van der Waals surface area contributed by atoms with E-state index in [4.69, 9.17) is 37.9 Å². The number of hydrogen-bond acceptors (Lipinski definition) is 14. The Morgan fingerprint density at radius 3 is 1.13 bits per heavy atom. The molecule has 0 saturated heterocycles. The molecule has 4 rings (SSSR count). The summed E-state index contributed by atoms with van der Waals surface area (Å²) in [5, 5.41) is 0. The number of rotatable bonds is 8. The normalized spacial score (nSPS) is 12.3. The van der Waals surface area contributed by atoms with Crippen molar-refractivity contribution in [1.82, 2.24) is 0 Å². The van der Waals surface area contributed by atoms with Crippen LogP contribution in [0.15, 0.2) is 24.7 Å². The van der Waals surface area contributed by atoms with Gasteiger partial charge in [0.15, 0.2) is 42.5 Å². The van der Waals surface area contributed by atoms with Crippen LogP contribution in [-0.4, -0.2) is 87.2 Å². The molecule has 0 amide bonds. The Labute approximate surface area is 275 Å². The third kappa shape index (κ3) is 12.0. The van der Waals surface area contributed by atoms with Crippen LogP contribution in [0.5, 0.6) is 23.0 Å². The number of esters is 4. The van der Waals surface area contributed by atoms with Crippen molar-refractivity contribution in [3.8, 4) is 23.0 Å². The zero-order valence-corrected chi connectivity index (χ0v) is 30.2. The molecule has 0 aromatic carbocycles. The van der Waals surface area contributed by atoms with E-state index in [1.807, 2.05) is 0 Å². The molecule has 20 heteroatoms. The van der Waals surface area contributed by atoms with Crippen molar-refractivity contribution in [2.24, 2.45) is 0 Å². The number of hydrogen-bond donors (Lipinski definition) is 0. The second-order valence-corrected chi connectivity index (χ2v) is 13.1. The van der Waals surface area contributed by atoms with Crippen molar-refractivity contribution in [1.29, 1.82) is 0 Å². The van der Waals surface area contributed by atoms with E-state index in [1.165, 1.54) is 12.5 Å². The third-order valence-electron chi connectivity index (χ3n) is 4.70. The number of halogens is 5. The van der Waals surface area contributed by atoms with Crippen molar-refractivity contribution >= 4 is 70.2 Å². The van der Waals surface area contributed by atoms with Crippen LogP contribution in [0.1, 0.15) is 66.4 Å². The van der Waals surface area contributed by atoms with E-state index < -0.39 is 47.6 Å². The van der Waals surface area contributed by atoms with Crippen LogP contribution in [0.2, 0.25) is 0 Å². The average Bonchev–Trinajstić information content (AvgIpc) is 3.28. The molecule has 46 heavy (non-hydrogen) atoms. The number of ether oxygens (including phenoxy) is 8. The first kappa shape index (κ1) is 40.6. The molecular weight excluding hydrogens is 871 g/mol. The van der Waals surface area contributed by atoms with E-state index in [0.717, 1.165) is 22.7 Å². The Morgan fingerprint density at radius 1 is 0.609 bits per heavy atom. The van der Waals surface area contributed by atoms with Crippen LogP contribution >= 0.6 is 22.7 Å². The van der Waals surface area contributed by atoms with Gasteiger partial charge in [-0.05, 0) is 39.8 Å². The van der Waals surface area contributed by atoms with Gasteiger partial charge in [-0.25, -0.2) is 19.2 Å². The fraction of sp³-hybridized carbons (Fsp3) is 0.385. The molecule has 2 aliphatic heterocycles. The molecule has 4 heterocycles. The molecule has 2 aromatic heterocycles. The predicted octanol–water partition coefficient (Wildman–Crippen LogP) is 6.23.